The maximum atomic E-state index is 12.9. The van der Waals surface area contributed by atoms with Gasteiger partial charge in [0.15, 0.2) is 5.78 Å². The van der Waals surface area contributed by atoms with E-state index in [1.54, 1.807) is 20.3 Å². The van der Waals surface area contributed by atoms with E-state index in [4.69, 9.17) is 9.47 Å². The van der Waals surface area contributed by atoms with Gasteiger partial charge in [-0.25, -0.2) is 0 Å². The third-order valence-corrected chi connectivity index (χ3v) is 4.20. The number of hydrogen-bond acceptors (Lipinski definition) is 4. The van der Waals surface area contributed by atoms with Crippen molar-refractivity contribution < 1.29 is 14.3 Å². The molecule has 0 unspecified atom stereocenters. The Morgan fingerprint density at radius 2 is 1.62 bits per heavy atom. The number of methoxy groups -OCH3 is 2. The van der Waals surface area contributed by atoms with Crippen LogP contribution >= 0.6 is 0 Å². The molecule has 0 aliphatic rings. The normalized spacial score (nSPS) is 10.7. The second kappa shape index (κ2) is 8.50. The Morgan fingerprint density at radius 3 is 2.17 bits per heavy atom. The average molecular weight is 327 g/mol. The molecule has 0 heterocycles. The van der Waals surface area contributed by atoms with E-state index < -0.39 is 0 Å². The van der Waals surface area contributed by atoms with Crippen molar-refractivity contribution in [2.45, 2.75) is 20.4 Å². The highest BCUT2D eigenvalue weighted by Crippen LogP contribution is 2.34. The molecule has 0 N–H and O–H groups in total. The Labute approximate surface area is 144 Å². The van der Waals surface area contributed by atoms with Crippen molar-refractivity contribution in [1.29, 1.82) is 0 Å². The van der Waals surface area contributed by atoms with Gasteiger partial charge in [-0.05, 0) is 25.2 Å². The van der Waals surface area contributed by atoms with Gasteiger partial charge in [-0.1, -0.05) is 44.2 Å². The first kappa shape index (κ1) is 18.0. The highest BCUT2D eigenvalue weighted by molar-refractivity contribution is 6.11. The summed E-state index contributed by atoms with van der Waals surface area (Å²) in [5.74, 6) is 1.29. The van der Waals surface area contributed by atoms with E-state index in [2.05, 4.69) is 18.7 Å². The molecule has 0 aliphatic heterocycles. The fourth-order valence-corrected chi connectivity index (χ4v) is 2.78. The topological polar surface area (TPSA) is 38.8 Å². The van der Waals surface area contributed by atoms with E-state index in [0.717, 1.165) is 24.4 Å². The van der Waals surface area contributed by atoms with E-state index in [9.17, 15) is 4.79 Å². The number of carbonyl (C=O) groups is 1. The van der Waals surface area contributed by atoms with Crippen LogP contribution in [-0.2, 0) is 6.54 Å². The molecule has 2 aromatic carbocycles. The Morgan fingerprint density at radius 1 is 0.958 bits per heavy atom. The van der Waals surface area contributed by atoms with Crippen molar-refractivity contribution in [3.63, 3.8) is 0 Å². The SMILES string of the molecule is CCN(CC)Cc1c(OC)ccc(C(=O)c2ccccc2)c1OC. The molecular formula is C20H25NO3. The van der Waals surface area contributed by atoms with Crippen molar-refractivity contribution in [3.05, 3.63) is 59.2 Å². The van der Waals surface area contributed by atoms with Gasteiger partial charge >= 0.3 is 0 Å². The number of ether oxygens (including phenoxy) is 2. The van der Waals surface area contributed by atoms with Crippen molar-refractivity contribution >= 4 is 5.78 Å². The molecule has 0 radical (unpaired) electrons. The summed E-state index contributed by atoms with van der Waals surface area (Å²) < 4.78 is 11.1. The van der Waals surface area contributed by atoms with Gasteiger partial charge < -0.3 is 9.47 Å². The minimum Gasteiger partial charge on any atom is -0.496 e. The molecule has 4 nitrogen and oxygen atoms in total. The first-order chi connectivity index (χ1) is 11.7. The molecule has 128 valence electrons. The fourth-order valence-electron chi connectivity index (χ4n) is 2.78. The monoisotopic (exact) mass is 327 g/mol. The van der Waals surface area contributed by atoms with Gasteiger partial charge in [0.25, 0.3) is 0 Å². The molecule has 0 fully saturated rings. The van der Waals surface area contributed by atoms with Crippen LogP contribution in [-0.4, -0.2) is 38.0 Å². The lowest BCUT2D eigenvalue weighted by atomic mass is 9.98. The molecule has 0 amide bonds. The second-order valence-electron chi connectivity index (χ2n) is 5.48. The zero-order valence-corrected chi connectivity index (χ0v) is 14.8. The zero-order valence-electron chi connectivity index (χ0n) is 14.8. The lowest BCUT2D eigenvalue weighted by Gasteiger charge is -2.22. The quantitative estimate of drug-likeness (QED) is 0.692. The molecule has 2 aromatic rings. The summed E-state index contributed by atoms with van der Waals surface area (Å²) in [6.45, 7) is 6.73. The van der Waals surface area contributed by atoms with E-state index in [0.29, 0.717) is 23.4 Å². The standard InChI is InChI=1S/C20H25NO3/c1-5-21(6-2)14-17-18(23-3)13-12-16(20(17)24-4)19(22)15-10-8-7-9-11-15/h7-13H,5-6,14H2,1-4H3. The Balaban J connectivity index is 2.51. The summed E-state index contributed by atoms with van der Waals surface area (Å²) in [7, 11) is 3.24. The third kappa shape index (κ3) is 3.77. The van der Waals surface area contributed by atoms with E-state index in [-0.39, 0.29) is 5.78 Å². The van der Waals surface area contributed by atoms with Gasteiger partial charge in [0.2, 0.25) is 0 Å². The van der Waals surface area contributed by atoms with Gasteiger partial charge in [-0.2, -0.15) is 0 Å². The molecule has 0 spiro atoms. The van der Waals surface area contributed by atoms with Crippen LogP contribution < -0.4 is 9.47 Å². The first-order valence-corrected chi connectivity index (χ1v) is 8.22. The van der Waals surface area contributed by atoms with Crippen LogP contribution in [0.5, 0.6) is 11.5 Å². The van der Waals surface area contributed by atoms with Gasteiger partial charge in [0.05, 0.1) is 25.3 Å². The lowest BCUT2D eigenvalue weighted by molar-refractivity contribution is 0.103. The Hall–Kier alpha value is -2.33. The number of benzene rings is 2. The van der Waals surface area contributed by atoms with Gasteiger partial charge in [-0.15, -0.1) is 0 Å². The Bertz CT molecular complexity index is 679. The van der Waals surface area contributed by atoms with Crippen LogP contribution in [0.2, 0.25) is 0 Å². The van der Waals surface area contributed by atoms with E-state index in [1.807, 2.05) is 36.4 Å². The largest absolute Gasteiger partial charge is 0.496 e. The molecule has 0 saturated heterocycles. The third-order valence-electron chi connectivity index (χ3n) is 4.20. The van der Waals surface area contributed by atoms with Gasteiger partial charge in [0, 0.05) is 12.1 Å². The summed E-state index contributed by atoms with van der Waals surface area (Å²) in [6, 6.07) is 12.9. The molecule has 4 heteroatoms. The van der Waals surface area contributed by atoms with Crippen molar-refractivity contribution in [3.8, 4) is 11.5 Å². The summed E-state index contributed by atoms with van der Waals surface area (Å²) in [5, 5.41) is 0. The predicted octanol–water partition coefficient (Wildman–Crippen LogP) is 3.78. The van der Waals surface area contributed by atoms with Gasteiger partial charge in [-0.3, -0.25) is 9.69 Å². The maximum absolute atomic E-state index is 12.9. The van der Waals surface area contributed by atoms with Crippen LogP contribution in [0.1, 0.15) is 35.3 Å². The second-order valence-corrected chi connectivity index (χ2v) is 5.48. The summed E-state index contributed by atoms with van der Waals surface area (Å²) in [5.41, 5.74) is 2.12. The zero-order chi connectivity index (χ0) is 17.5. The minimum absolute atomic E-state index is 0.0455. The van der Waals surface area contributed by atoms with Crippen LogP contribution in [0, 0.1) is 0 Å². The number of nitrogens with zero attached hydrogens (tertiary/aromatic N) is 1. The lowest BCUT2D eigenvalue weighted by Crippen LogP contribution is -2.23. The van der Waals surface area contributed by atoms with Gasteiger partial charge in [0.1, 0.15) is 11.5 Å². The predicted molar refractivity (Wildman–Crippen MR) is 96.0 cm³/mol. The molecular weight excluding hydrogens is 302 g/mol. The first-order valence-electron chi connectivity index (χ1n) is 8.22. The van der Waals surface area contributed by atoms with Crippen molar-refractivity contribution in [2.75, 3.05) is 27.3 Å². The molecule has 24 heavy (non-hydrogen) atoms. The van der Waals surface area contributed by atoms with E-state index in [1.165, 1.54) is 0 Å². The molecule has 0 aromatic heterocycles. The highest BCUT2D eigenvalue weighted by atomic mass is 16.5. The van der Waals surface area contributed by atoms with Crippen molar-refractivity contribution in [1.82, 2.24) is 4.90 Å². The molecule has 2 rings (SSSR count). The molecule has 0 saturated carbocycles. The molecule has 0 atom stereocenters. The van der Waals surface area contributed by atoms with Crippen LogP contribution in [0.3, 0.4) is 0 Å². The maximum Gasteiger partial charge on any atom is 0.196 e. The van der Waals surface area contributed by atoms with Crippen LogP contribution in [0.25, 0.3) is 0 Å². The fraction of sp³-hybridized carbons (Fsp3) is 0.350. The summed E-state index contributed by atoms with van der Waals surface area (Å²) in [6.07, 6.45) is 0. The molecule has 0 aliphatic carbocycles. The average Bonchev–Trinajstić information content (AvgIpc) is 2.65. The smallest absolute Gasteiger partial charge is 0.196 e. The minimum atomic E-state index is -0.0455. The number of rotatable bonds is 8. The van der Waals surface area contributed by atoms with Crippen LogP contribution in [0.15, 0.2) is 42.5 Å². The number of hydrogen-bond donors (Lipinski definition) is 0. The Kier molecular flexibility index (Phi) is 6.38. The molecule has 0 bridgehead atoms. The highest BCUT2D eigenvalue weighted by Gasteiger charge is 2.21. The van der Waals surface area contributed by atoms with E-state index >= 15 is 0 Å². The number of ketones is 1. The summed E-state index contributed by atoms with van der Waals surface area (Å²) in [4.78, 5) is 15.1. The summed E-state index contributed by atoms with van der Waals surface area (Å²) >= 11 is 0. The van der Waals surface area contributed by atoms with Crippen molar-refractivity contribution in [2.24, 2.45) is 0 Å². The van der Waals surface area contributed by atoms with Crippen LogP contribution in [0.4, 0.5) is 0 Å². The number of carbonyl (C=O) groups excluding carboxylic acids is 1.